The molecule has 0 bridgehead atoms. The van der Waals surface area contributed by atoms with Gasteiger partial charge in [-0.05, 0) is 211 Å². The lowest BCUT2D eigenvalue weighted by molar-refractivity contribution is 0.481. The van der Waals surface area contributed by atoms with E-state index >= 15 is 0 Å². The van der Waals surface area contributed by atoms with Crippen LogP contribution in [0.1, 0.15) is 165 Å². The molecule has 1 aliphatic rings. The minimum Gasteiger partial charge on any atom is -0.457 e. The highest BCUT2D eigenvalue weighted by molar-refractivity contribution is 5.90. The number of pyridine rings is 2. The van der Waals surface area contributed by atoms with Gasteiger partial charge >= 0.3 is 0 Å². The fourth-order valence-corrected chi connectivity index (χ4v) is 12.5. The Balaban J connectivity index is 1.10. The Bertz CT molecular complexity index is 3960. The average Bonchev–Trinajstić information content (AvgIpc) is 0.727. The number of aryl methyl sites for hydroxylation is 2. The zero-order chi connectivity index (χ0) is 61.3. The fraction of sp³-hybridized carbons (Fsp3) is 0.284. The van der Waals surface area contributed by atoms with Gasteiger partial charge < -0.3 is 14.5 Å². The molecular formula is C81H86N4O. The Kier molecular flexibility index (Phi) is 15.2. The number of hydrogen-bond donors (Lipinski definition) is 0. The smallest absolute Gasteiger partial charge is 0.128 e. The predicted octanol–water partition coefficient (Wildman–Crippen LogP) is 22.3. The molecule has 11 rings (SSSR count). The molecule has 8 aromatic carbocycles. The van der Waals surface area contributed by atoms with E-state index in [1.54, 1.807) is 0 Å². The molecule has 0 radical (unpaired) electrons. The highest BCUT2D eigenvalue weighted by atomic mass is 16.5. The lowest BCUT2D eigenvalue weighted by Crippen LogP contribution is -2.39. The van der Waals surface area contributed by atoms with E-state index in [0.29, 0.717) is 5.75 Å². The highest BCUT2D eigenvalue weighted by Crippen LogP contribution is 2.59. The summed E-state index contributed by atoms with van der Waals surface area (Å²) in [5.41, 5.74) is 22.4. The van der Waals surface area contributed by atoms with Crippen LogP contribution in [0.4, 0.5) is 34.1 Å². The molecule has 0 unspecified atom stereocenters. The summed E-state index contributed by atoms with van der Waals surface area (Å²) in [5.74, 6) is 1.43. The molecule has 0 spiro atoms. The van der Waals surface area contributed by atoms with Gasteiger partial charge in [-0.3, -0.25) is 9.97 Å². The minimum absolute atomic E-state index is 0.00639. The molecule has 0 N–H and O–H groups in total. The summed E-state index contributed by atoms with van der Waals surface area (Å²) in [6.07, 6.45) is 3.89. The molecule has 0 saturated carbocycles. The van der Waals surface area contributed by atoms with Crippen LogP contribution in [0.3, 0.4) is 0 Å². The number of rotatable bonds is 10. The summed E-state index contributed by atoms with van der Waals surface area (Å²) in [6, 6.07) is 74.2. The molecule has 86 heavy (non-hydrogen) atoms. The quantitative estimate of drug-likeness (QED) is 0.136. The van der Waals surface area contributed by atoms with Crippen molar-refractivity contribution < 1.29 is 4.74 Å². The van der Waals surface area contributed by atoms with E-state index in [1.807, 2.05) is 18.5 Å². The second-order valence-electron chi connectivity index (χ2n) is 29.0. The van der Waals surface area contributed by atoms with Gasteiger partial charge in [-0.15, -0.1) is 0 Å². The van der Waals surface area contributed by atoms with Crippen molar-refractivity contribution in [3.8, 4) is 33.9 Å². The summed E-state index contributed by atoms with van der Waals surface area (Å²) in [4.78, 5) is 15.4. The van der Waals surface area contributed by atoms with Crippen LogP contribution in [0.15, 0.2) is 213 Å². The maximum atomic E-state index is 7.38. The fourth-order valence-electron chi connectivity index (χ4n) is 12.5. The summed E-state index contributed by atoms with van der Waals surface area (Å²) in [7, 11) is 0. The van der Waals surface area contributed by atoms with Crippen LogP contribution in [0.2, 0.25) is 0 Å². The normalized spacial score (nSPS) is 13.5. The Morgan fingerprint density at radius 1 is 0.384 bits per heavy atom. The van der Waals surface area contributed by atoms with E-state index in [9.17, 15) is 0 Å². The van der Waals surface area contributed by atoms with E-state index < -0.39 is 5.41 Å². The van der Waals surface area contributed by atoms with E-state index in [0.717, 1.165) is 79.1 Å². The first-order valence-electron chi connectivity index (χ1n) is 30.7. The topological polar surface area (TPSA) is 41.5 Å². The van der Waals surface area contributed by atoms with Crippen molar-refractivity contribution in [1.82, 2.24) is 9.97 Å². The third kappa shape index (κ3) is 11.4. The lowest BCUT2D eigenvalue weighted by atomic mass is 9.62. The molecule has 1 aliphatic heterocycles. The Morgan fingerprint density at radius 3 is 1.37 bits per heavy atom. The van der Waals surface area contributed by atoms with Crippen LogP contribution in [-0.4, -0.2) is 9.97 Å². The first-order chi connectivity index (χ1) is 40.6. The van der Waals surface area contributed by atoms with Gasteiger partial charge in [-0.25, -0.2) is 0 Å². The molecule has 2 aromatic heterocycles. The molecule has 0 amide bonds. The highest BCUT2D eigenvalue weighted by Gasteiger charge is 2.49. The Morgan fingerprint density at radius 2 is 0.872 bits per heavy atom. The van der Waals surface area contributed by atoms with Gasteiger partial charge in [0.1, 0.15) is 11.5 Å². The first-order valence-corrected chi connectivity index (χ1v) is 30.7. The van der Waals surface area contributed by atoms with Gasteiger partial charge in [-0.2, -0.15) is 0 Å². The third-order valence-electron chi connectivity index (χ3n) is 17.5. The number of nitrogens with zero attached hydrogens (tertiary/aromatic N) is 4. The van der Waals surface area contributed by atoms with Crippen molar-refractivity contribution in [2.45, 2.75) is 150 Å². The number of aromatic nitrogens is 2. The summed E-state index contributed by atoms with van der Waals surface area (Å²) in [5, 5.41) is 0. The van der Waals surface area contributed by atoms with Gasteiger partial charge in [0, 0.05) is 40.7 Å². The van der Waals surface area contributed by atoms with Gasteiger partial charge in [0.2, 0.25) is 0 Å². The minimum atomic E-state index is -0.892. The number of anilines is 6. The van der Waals surface area contributed by atoms with Gasteiger partial charge in [0.05, 0.1) is 28.2 Å². The van der Waals surface area contributed by atoms with Crippen molar-refractivity contribution >= 4 is 34.1 Å². The first kappa shape index (κ1) is 59.2. The maximum Gasteiger partial charge on any atom is 0.128 e. The zero-order valence-electron chi connectivity index (χ0n) is 53.9. The maximum absolute atomic E-state index is 7.38. The largest absolute Gasteiger partial charge is 0.457 e. The summed E-state index contributed by atoms with van der Waals surface area (Å²) >= 11 is 0. The molecule has 5 nitrogen and oxygen atoms in total. The van der Waals surface area contributed by atoms with Crippen LogP contribution in [0.5, 0.6) is 11.5 Å². The number of fused-ring (bicyclic) bond motifs is 2. The predicted molar refractivity (Wildman–Crippen MR) is 364 cm³/mol. The number of ether oxygens (including phenoxy) is 1. The van der Waals surface area contributed by atoms with Gasteiger partial charge in [0.25, 0.3) is 0 Å². The summed E-state index contributed by atoms with van der Waals surface area (Å²) < 4.78 is 7.38. The van der Waals surface area contributed by atoms with E-state index in [4.69, 9.17) is 14.7 Å². The average molecular weight is 1130 g/mol. The molecule has 436 valence electrons. The molecule has 5 heteroatoms. The molecule has 10 aromatic rings. The molecule has 0 fully saturated rings. The van der Waals surface area contributed by atoms with Crippen molar-refractivity contribution in [2.75, 3.05) is 9.80 Å². The van der Waals surface area contributed by atoms with Crippen LogP contribution in [0.25, 0.3) is 22.4 Å². The second kappa shape index (κ2) is 22.1. The molecule has 0 atom stereocenters. The summed E-state index contributed by atoms with van der Waals surface area (Å²) in [6.45, 7) is 38.7. The van der Waals surface area contributed by atoms with E-state index in [-0.39, 0.29) is 27.1 Å². The van der Waals surface area contributed by atoms with Crippen LogP contribution in [-0.2, 0) is 32.5 Å². The van der Waals surface area contributed by atoms with Gasteiger partial charge in [0.15, 0.2) is 0 Å². The lowest BCUT2D eigenvalue weighted by Gasteiger charge is -2.47. The van der Waals surface area contributed by atoms with Gasteiger partial charge in [-0.1, -0.05) is 201 Å². The Hall–Kier alpha value is -8.54. The monoisotopic (exact) mass is 1130 g/mol. The second-order valence-corrected chi connectivity index (χ2v) is 29.0. The van der Waals surface area contributed by atoms with E-state index in [1.165, 1.54) is 44.5 Å². The standard InChI is InChI=1S/C81H86N4O/c1-53-22-20-23-54(2)75(53)56-46-55(71-52-66(43-45-82-71)84(63-35-27-57(28-36-63)76(3,4)5)64-37-29-58(30-38-64)77(6,7)8)47-68(48-56)86-67-25-21-24-62(49-67)81(74-26-18-19-44-83-74)69-50-60(79(12,13)14)33-41-72(69)85(65-39-31-59(32-40-65)78(9,10)11)73-42-34-61(51-70(73)81)80(15,16)17/h18-52H,1-17H3. The third-order valence-corrected chi connectivity index (χ3v) is 17.5. The molecule has 0 saturated heterocycles. The molecular weight excluding hydrogens is 1040 g/mol. The number of benzene rings is 8. The SMILES string of the molecule is Cc1cccc(C)c1-c1cc(Oc2cccc(C3(c4ccccn4)c4cc(C(C)(C)C)ccc4N(c4ccc(C(C)(C)C)cc4)c4ccc(C(C)(C)C)cc43)c2)cc(-c2cc(N(c3ccc(C(C)(C)C)cc3)c3ccc(C(C)(C)C)cc3)ccn2)c1. The van der Waals surface area contributed by atoms with E-state index in [2.05, 4.69) is 322 Å². The van der Waals surface area contributed by atoms with Crippen molar-refractivity contribution in [2.24, 2.45) is 0 Å². The Labute approximate surface area is 513 Å². The number of hydrogen-bond acceptors (Lipinski definition) is 5. The molecule has 0 aliphatic carbocycles. The van der Waals surface area contributed by atoms with Crippen molar-refractivity contribution in [1.29, 1.82) is 0 Å². The van der Waals surface area contributed by atoms with Crippen molar-refractivity contribution in [3.05, 3.63) is 274 Å². The van der Waals surface area contributed by atoms with Crippen molar-refractivity contribution in [3.63, 3.8) is 0 Å². The van der Waals surface area contributed by atoms with Crippen LogP contribution in [0, 0.1) is 13.8 Å². The zero-order valence-corrected chi connectivity index (χ0v) is 53.9. The van der Waals surface area contributed by atoms with Crippen LogP contribution < -0.4 is 14.5 Å². The molecule has 3 heterocycles. The van der Waals surface area contributed by atoms with Crippen LogP contribution >= 0.6 is 0 Å².